The Bertz CT molecular complexity index is 861. The van der Waals surface area contributed by atoms with Crippen molar-refractivity contribution in [1.29, 1.82) is 5.26 Å². The van der Waals surface area contributed by atoms with Gasteiger partial charge in [0, 0.05) is 5.92 Å². The van der Waals surface area contributed by atoms with Gasteiger partial charge >= 0.3 is 0 Å². The van der Waals surface area contributed by atoms with E-state index in [1.54, 1.807) is 24.3 Å². The molecule has 1 aliphatic rings. The molecule has 22 heavy (non-hydrogen) atoms. The maximum absolute atomic E-state index is 13.4. The van der Waals surface area contributed by atoms with Gasteiger partial charge in [-0.1, -0.05) is 30.3 Å². The first-order valence-corrected chi connectivity index (χ1v) is 8.20. The largest absolute Gasteiger partial charge is 0.312 e. The molecule has 0 aromatic heterocycles. The molecule has 0 amide bonds. The van der Waals surface area contributed by atoms with E-state index < -0.39 is 32.4 Å². The molecular weight excluding hydrogens is 303 g/mol. The standard InChI is InChI=1S/C16H13FN2O2S/c17-12-6-4-5-11(9-12)14-15(16(14,19)10-18)22(20,21)13-7-2-1-3-8-13/h1-9,14-15H,19H2/t14-,15-,16+/m1/s1. The van der Waals surface area contributed by atoms with Crippen LogP contribution in [0.5, 0.6) is 0 Å². The average molecular weight is 316 g/mol. The highest BCUT2D eigenvalue weighted by atomic mass is 32.2. The summed E-state index contributed by atoms with van der Waals surface area (Å²) in [5.41, 5.74) is 4.86. The number of rotatable bonds is 3. The number of halogens is 1. The van der Waals surface area contributed by atoms with Gasteiger partial charge in [0.25, 0.3) is 0 Å². The van der Waals surface area contributed by atoms with E-state index in [-0.39, 0.29) is 4.90 Å². The van der Waals surface area contributed by atoms with Crippen LogP contribution in [0, 0.1) is 17.1 Å². The third kappa shape index (κ3) is 2.10. The first-order chi connectivity index (χ1) is 10.4. The van der Waals surface area contributed by atoms with Gasteiger partial charge < -0.3 is 5.73 Å². The molecule has 1 fully saturated rings. The first-order valence-electron chi connectivity index (χ1n) is 6.66. The molecule has 1 aliphatic carbocycles. The lowest BCUT2D eigenvalue weighted by Gasteiger charge is -2.04. The van der Waals surface area contributed by atoms with Crippen LogP contribution in [-0.2, 0) is 9.84 Å². The average Bonchev–Trinajstić information content (AvgIpc) is 3.16. The van der Waals surface area contributed by atoms with Crippen molar-refractivity contribution in [2.75, 3.05) is 0 Å². The summed E-state index contributed by atoms with van der Waals surface area (Å²) in [6, 6.07) is 15.3. The summed E-state index contributed by atoms with van der Waals surface area (Å²) in [6.07, 6.45) is 0. The zero-order valence-corrected chi connectivity index (χ0v) is 12.3. The van der Waals surface area contributed by atoms with Crippen LogP contribution in [0.3, 0.4) is 0 Å². The summed E-state index contributed by atoms with van der Waals surface area (Å²) in [5.74, 6) is -1.22. The van der Waals surface area contributed by atoms with Gasteiger partial charge in [0.05, 0.1) is 11.0 Å². The minimum atomic E-state index is -3.77. The minimum absolute atomic E-state index is 0.115. The second-order valence-electron chi connectivity index (χ2n) is 5.36. The van der Waals surface area contributed by atoms with Gasteiger partial charge in [-0.05, 0) is 29.8 Å². The number of nitrogens with zero attached hydrogens (tertiary/aromatic N) is 1. The number of hydrogen-bond donors (Lipinski definition) is 1. The van der Waals surface area contributed by atoms with Crippen molar-refractivity contribution in [2.24, 2.45) is 5.73 Å². The Hall–Kier alpha value is -2.23. The van der Waals surface area contributed by atoms with Crippen molar-refractivity contribution < 1.29 is 12.8 Å². The smallest absolute Gasteiger partial charge is 0.184 e. The van der Waals surface area contributed by atoms with Crippen molar-refractivity contribution in [3.05, 3.63) is 66.0 Å². The fourth-order valence-electron chi connectivity index (χ4n) is 2.85. The van der Waals surface area contributed by atoms with Gasteiger partial charge in [0.2, 0.25) is 0 Å². The van der Waals surface area contributed by atoms with Crippen LogP contribution in [-0.4, -0.2) is 19.2 Å². The van der Waals surface area contributed by atoms with Gasteiger partial charge in [0.1, 0.15) is 16.6 Å². The predicted molar refractivity (Wildman–Crippen MR) is 79.1 cm³/mol. The topological polar surface area (TPSA) is 83.9 Å². The Labute approximate surface area is 127 Å². The van der Waals surface area contributed by atoms with E-state index in [1.807, 2.05) is 6.07 Å². The lowest BCUT2D eigenvalue weighted by molar-refractivity contribution is 0.591. The van der Waals surface area contributed by atoms with E-state index >= 15 is 0 Å². The normalized spacial score (nSPS) is 27.1. The molecule has 0 unspecified atom stereocenters. The number of hydrogen-bond acceptors (Lipinski definition) is 4. The second-order valence-corrected chi connectivity index (χ2v) is 7.43. The Morgan fingerprint density at radius 2 is 1.82 bits per heavy atom. The van der Waals surface area contributed by atoms with Crippen molar-refractivity contribution >= 4 is 9.84 Å². The second kappa shape index (κ2) is 4.90. The lowest BCUT2D eigenvalue weighted by Crippen LogP contribution is -2.29. The number of sulfone groups is 1. The first kappa shape index (κ1) is 14.7. The van der Waals surface area contributed by atoms with E-state index in [0.29, 0.717) is 5.56 Å². The van der Waals surface area contributed by atoms with E-state index in [9.17, 15) is 18.1 Å². The summed E-state index contributed by atoms with van der Waals surface area (Å²) < 4.78 is 38.8. The molecule has 0 heterocycles. The van der Waals surface area contributed by atoms with Crippen molar-refractivity contribution in [1.82, 2.24) is 0 Å². The third-order valence-corrected chi connectivity index (χ3v) is 6.25. The molecule has 1 saturated carbocycles. The van der Waals surface area contributed by atoms with Crippen LogP contribution in [0.2, 0.25) is 0 Å². The Kier molecular flexibility index (Phi) is 3.28. The molecule has 0 saturated heterocycles. The fraction of sp³-hybridized carbons (Fsp3) is 0.188. The van der Waals surface area contributed by atoms with Gasteiger partial charge in [-0.3, -0.25) is 0 Å². The summed E-state index contributed by atoms with van der Waals surface area (Å²) in [4.78, 5) is 0.115. The van der Waals surface area contributed by atoms with E-state index in [1.165, 1.54) is 30.3 Å². The van der Waals surface area contributed by atoms with Crippen LogP contribution in [0.25, 0.3) is 0 Å². The molecule has 2 N–H and O–H groups in total. The van der Waals surface area contributed by atoms with Gasteiger partial charge in [0.15, 0.2) is 9.84 Å². The lowest BCUT2D eigenvalue weighted by atomic mass is 10.1. The van der Waals surface area contributed by atoms with Crippen molar-refractivity contribution in [3.63, 3.8) is 0 Å². The Morgan fingerprint density at radius 1 is 1.14 bits per heavy atom. The van der Waals surface area contributed by atoms with Crippen LogP contribution in [0.4, 0.5) is 4.39 Å². The quantitative estimate of drug-likeness (QED) is 0.938. The minimum Gasteiger partial charge on any atom is -0.312 e. The summed E-state index contributed by atoms with van der Waals surface area (Å²) in [6.45, 7) is 0. The highest BCUT2D eigenvalue weighted by Crippen LogP contribution is 2.55. The third-order valence-electron chi connectivity index (χ3n) is 3.99. The maximum Gasteiger partial charge on any atom is 0.184 e. The maximum atomic E-state index is 13.4. The van der Waals surface area contributed by atoms with Crippen LogP contribution in [0.15, 0.2) is 59.5 Å². The van der Waals surface area contributed by atoms with E-state index in [2.05, 4.69) is 0 Å². The highest BCUT2D eigenvalue weighted by molar-refractivity contribution is 7.92. The molecule has 4 nitrogen and oxygen atoms in total. The van der Waals surface area contributed by atoms with Crippen LogP contribution < -0.4 is 5.73 Å². The molecule has 3 atom stereocenters. The number of nitrogens with two attached hydrogens (primary N) is 1. The molecule has 6 heteroatoms. The van der Waals surface area contributed by atoms with Crippen molar-refractivity contribution in [3.8, 4) is 6.07 Å². The SMILES string of the molecule is N#C[C@]1(N)[C@H](c2cccc(F)c2)[C@H]1S(=O)(=O)c1ccccc1. The molecule has 0 aliphatic heterocycles. The molecule has 0 radical (unpaired) electrons. The van der Waals surface area contributed by atoms with Gasteiger partial charge in [-0.15, -0.1) is 0 Å². The van der Waals surface area contributed by atoms with Gasteiger partial charge in [-0.25, -0.2) is 12.8 Å². The summed E-state index contributed by atoms with van der Waals surface area (Å²) in [7, 11) is -3.77. The summed E-state index contributed by atoms with van der Waals surface area (Å²) >= 11 is 0. The van der Waals surface area contributed by atoms with Crippen LogP contribution in [0.1, 0.15) is 11.5 Å². The molecule has 3 rings (SSSR count). The predicted octanol–water partition coefficient (Wildman–Crippen LogP) is 1.99. The van der Waals surface area contributed by atoms with E-state index in [0.717, 1.165) is 0 Å². The zero-order valence-electron chi connectivity index (χ0n) is 11.5. The Morgan fingerprint density at radius 3 is 2.41 bits per heavy atom. The summed E-state index contributed by atoms with van der Waals surface area (Å²) in [5, 5.41) is 8.24. The van der Waals surface area contributed by atoms with Crippen molar-refractivity contribution in [2.45, 2.75) is 21.6 Å². The molecule has 0 bridgehead atoms. The highest BCUT2D eigenvalue weighted by Gasteiger charge is 2.70. The molecule has 2 aromatic carbocycles. The molecule has 0 spiro atoms. The Balaban J connectivity index is 2.06. The fourth-order valence-corrected chi connectivity index (χ4v) is 5.06. The van der Waals surface area contributed by atoms with E-state index in [4.69, 9.17) is 5.73 Å². The molecular formula is C16H13FN2O2S. The monoisotopic (exact) mass is 316 g/mol. The zero-order chi connectivity index (χ0) is 16.0. The molecule has 112 valence electrons. The number of benzene rings is 2. The van der Waals surface area contributed by atoms with Gasteiger partial charge in [-0.2, -0.15) is 5.26 Å². The molecule has 2 aromatic rings. The van der Waals surface area contributed by atoms with Crippen LogP contribution >= 0.6 is 0 Å². The number of nitriles is 1.